The molecule has 1 rings (SSSR count). The van der Waals surface area contributed by atoms with E-state index in [1.807, 2.05) is 0 Å². The Hall–Kier alpha value is -0.160. The minimum Gasteiger partial charge on any atom is -0.389 e. The van der Waals surface area contributed by atoms with Crippen LogP contribution in [-0.2, 0) is 4.74 Å². The van der Waals surface area contributed by atoms with Crippen molar-refractivity contribution in [3.05, 3.63) is 0 Å². The van der Waals surface area contributed by atoms with Gasteiger partial charge in [-0.15, -0.1) is 0 Å². The lowest BCUT2D eigenvalue weighted by atomic mass is 10.1. The van der Waals surface area contributed by atoms with Crippen LogP contribution in [0.25, 0.3) is 0 Å². The van der Waals surface area contributed by atoms with E-state index >= 15 is 0 Å². The fourth-order valence-electron chi connectivity index (χ4n) is 2.00. The topological polar surface area (TPSA) is 44.7 Å². The van der Waals surface area contributed by atoms with E-state index in [0.717, 1.165) is 6.54 Å². The van der Waals surface area contributed by atoms with E-state index in [4.69, 9.17) is 4.74 Å². The molecule has 2 atom stereocenters. The van der Waals surface area contributed by atoms with Gasteiger partial charge in [-0.05, 0) is 39.4 Å². The molecule has 1 fully saturated rings. The lowest BCUT2D eigenvalue weighted by Gasteiger charge is -2.18. The van der Waals surface area contributed by atoms with E-state index < -0.39 is 0 Å². The molecule has 0 saturated carbocycles. The number of aliphatic hydroxyl groups excluding tert-OH is 1. The van der Waals surface area contributed by atoms with Crippen molar-refractivity contribution < 1.29 is 9.84 Å². The quantitative estimate of drug-likeness (QED) is 0.682. The van der Waals surface area contributed by atoms with E-state index in [9.17, 15) is 5.11 Å². The Balaban J connectivity index is 2.14. The fraction of sp³-hybridized carbons (Fsp3) is 1.00. The summed E-state index contributed by atoms with van der Waals surface area (Å²) in [5.74, 6) is 0. The maximum absolute atomic E-state index is 9.50. The fourth-order valence-corrected chi connectivity index (χ4v) is 2.00. The highest BCUT2D eigenvalue weighted by molar-refractivity contribution is 4.74. The Morgan fingerprint density at radius 1 is 1.47 bits per heavy atom. The van der Waals surface area contributed by atoms with Crippen LogP contribution >= 0.6 is 0 Å². The van der Waals surface area contributed by atoms with Crippen molar-refractivity contribution >= 4 is 0 Å². The van der Waals surface area contributed by atoms with Gasteiger partial charge in [-0.1, -0.05) is 0 Å². The predicted molar refractivity (Wildman–Crippen MR) is 61.0 cm³/mol. The van der Waals surface area contributed by atoms with Crippen LogP contribution in [0, 0.1) is 0 Å². The SMILES string of the molecule is COCC(O)CNC1CCCN(C)CC1. The minimum atomic E-state index is -0.379. The van der Waals surface area contributed by atoms with Crippen molar-refractivity contribution in [3.63, 3.8) is 0 Å². The molecule has 0 amide bonds. The number of ether oxygens (including phenoxy) is 1. The molecular weight excluding hydrogens is 192 g/mol. The summed E-state index contributed by atoms with van der Waals surface area (Å²) < 4.78 is 4.89. The third-order valence-electron chi connectivity index (χ3n) is 2.95. The molecule has 2 unspecified atom stereocenters. The Morgan fingerprint density at radius 2 is 2.27 bits per heavy atom. The zero-order chi connectivity index (χ0) is 11.1. The second-order valence-corrected chi connectivity index (χ2v) is 4.45. The van der Waals surface area contributed by atoms with Crippen molar-refractivity contribution in [3.8, 4) is 0 Å². The van der Waals surface area contributed by atoms with Gasteiger partial charge in [0.15, 0.2) is 0 Å². The van der Waals surface area contributed by atoms with Crippen molar-refractivity contribution in [1.29, 1.82) is 0 Å². The summed E-state index contributed by atoms with van der Waals surface area (Å²) in [4.78, 5) is 2.37. The second-order valence-electron chi connectivity index (χ2n) is 4.45. The summed E-state index contributed by atoms with van der Waals surface area (Å²) in [5, 5.41) is 12.9. The summed E-state index contributed by atoms with van der Waals surface area (Å²) in [6, 6.07) is 0.557. The molecule has 2 N–H and O–H groups in total. The maximum Gasteiger partial charge on any atom is 0.0897 e. The first-order chi connectivity index (χ1) is 7.22. The normalized spacial score (nSPS) is 26.2. The second kappa shape index (κ2) is 7.17. The molecule has 1 saturated heterocycles. The predicted octanol–water partition coefficient (Wildman–Crippen LogP) is 0.0676. The van der Waals surface area contributed by atoms with Crippen molar-refractivity contribution in [2.24, 2.45) is 0 Å². The molecule has 0 aromatic carbocycles. The van der Waals surface area contributed by atoms with Crippen LogP contribution in [0.1, 0.15) is 19.3 Å². The largest absolute Gasteiger partial charge is 0.389 e. The first-order valence-electron chi connectivity index (χ1n) is 5.81. The van der Waals surface area contributed by atoms with Gasteiger partial charge < -0.3 is 20.1 Å². The number of nitrogens with one attached hydrogen (secondary N) is 1. The van der Waals surface area contributed by atoms with Gasteiger partial charge in [0.25, 0.3) is 0 Å². The summed E-state index contributed by atoms with van der Waals surface area (Å²) >= 11 is 0. The third kappa shape index (κ3) is 5.47. The number of hydrogen-bond acceptors (Lipinski definition) is 4. The van der Waals surface area contributed by atoms with Crippen molar-refractivity contribution in [1.82, 2.24) is 10.2 Å². The molecule has 4 nitrogen and oxygen atoms in total. The lowest BCUT2D eigenvalue weighted by Crippen LogP contribution is -2.37. The molecule has 0 radical (unpaired) electrons. The first kappa shape index (κ1) is 12.9. The summed E-state index contributed by atoms with van der Waals surface area (Å²) in [7, 11) is 3.78. The van der Waals surface area contributed by atoms with Crippen molar-refractivity contribution in [2.45, 2.75) is 31.4 Å². The van der Waals surface area contributed by atoms with Crippen molar-refractivity contribution in [2.75, 3.05) is 40.4 Å². The molecule has 0 aromatic rings. The van der Waals surface area contributed by atoms with Crippen LogP contribution in [-0.4, -0.2) is 62.6 Å². The average molecular weight is 216 g/mol. The Morgan fingerprint density at radius 3 is 3.00 bits per heavy atom. The molecule has 0 bridgehead atoms. The highest BCUT2D eigenvalue weighted by Crippen LogP contribution is 2.09. The number of nitrogens with zero attached hydrogens (tertiary/aromatic N) is 1. The van der Waals surface area contributed by atoms with Crippen LogP contribution < -0.4 is 5.32 Å². The third-order valence-corrected chi connectivity index (χ3v) is 2.95. The number of hydrogen-bond donors (Lipinski definition) is 2. The molecule has 1 aliphatic heterocycles. The van der Waals surface area contributed by atoms with Gasteiger partial charge in [0.2, 0.25) is 0 Å². The first-order valence-corrected chi connectivity index (χ1v) is 5.81. The molecule has 90 valence electrons. The van der Waals surface area contributed by atoms with Crippen LogP contribution in [0.4, 0.5) is 0 Å². The van der Waals surface area contributed by atoms with Gasteiger partial charge in [0, 0.05) is 19.7 Å². The summed E-state index contributed by atoms with van der Waals surface area (Å²) in [5.41, 5.74) is 0. The lowest BCUT2D eigenvalue weighted by molar-refractivity contribution is 0.0623. The van der Waals surface area contributed by atoms with E-state index in [-0.39, 0.29) is 6.10 Å². The zero-order valence-corrected chi connectivity index (χ0v) is 9.91. The summed E-state index contributed by atoms with van der Waals surface area (Å²) in [6.45, 7) is 3.40. The number of aliphatic hydroxyl groups is 1. The van der Waals surface area contributed by atoms with Gasteiger partial charge in [0.1, 0.15) is 0 Å². The molecule has 1 heterocycles. The van der Waals surface area contributed by atoms with Gasteiger partial charge in [-0.3, -0.25) is 0 Å². The molecule has 0 aliphatic carbocycles. The van der Waals surface area contributed by atoms with Gasteiger partial charge in [0.05, 0.1) is 12.7 Å². The molecular formula is C11H24N2O2. The minimum absolute atomic E-state index is 0.379. The molecule has 15 heavy (non-hydrogen) atoms. The van der Waals surface area contributed by atoms with Gasteiger partial charge in [-0.2, -0.15) is 0 Å². The zero-order valence-electron chi connectivity index (χ0n) is 9.91. The monoisotopic (exact) mass is 216 g/mol. The molecule has 1 aliphatic rings. The van der Waals surface area contributed by atoms with Crippen LogP contribution in [0.3, 0.4) is 0 Å². The van der Waals surface area contributed by atoms with Crippen LogP contribution in [0.15, 0.2) is 0 Å². The maximum atomic E-state index is 9.50. The van der Waals surface area contributed by atoms with E-state index in [2.05, 4.69) is 17.3 Å². The Labute approximate surface area is 92.6 Å². The highest BCUT2D eigenvalue weighted by atomic mass is 16.5. The average Bonchev–Trinajstić information content (AvgIpc) is 2.41. The number of rotatable bonds is 5. The molecule has 4 heteroatoms. The molecule has 0 aromatic heterocycles. The standard InChI is InChI=1S/C11H24N2O2/c1-13-6-3-4-10(5-7-13)12-8-11(14)9-15-2/h10-12,14H,3-9H2,1-2H3. The number of methoxy groups -OCH3 is 1. The Kier molecular flexibility index (Phi) is 6.17. The van der Waals surface area contributed by atoms with Gasteiger partial charge in [-0.25, -0.2) is 0 Å². The van der Waals surface area contributed by atoms with E-state index in [0.29, 0.717) is 19.2 Å². The van der Waals surface area contributed by atoms with E-state index in [1.165, 1.54) is 25.8 Å². The summed E-state index contributed by atoms with van der Waals surface area (Å²) in [6.07, 6.45) is 3.25. The van der Waals surface area contributed by atoms with Crippen LogP contribution in [0.2, 0.25) is 0 Å². The van der Waals surface area contributed by atoms with E-state index in [1.54, 1.807) is 7.11 Å². The number of likely N-dealkylation sites (tertiary alicyclic amines) is 1. The smallest absolute Gasteiger partial charge is 0.0897 e. The Bertz CT molecular complexity index is 167. The highest BCUT2D eigenvalue weighted by Gasteiger charge is 2.15. The molecule has 0 spiro atoms. The van der Waals surface area contributed by atoms with Crippen LogP contribution in [0.5, 0.6) is 0 Å². The van der Waals surface area contributed by atoms with Gasteiger partial charge >= 0.3 is 0 Å².